The summed E-state index contributed by atoms with van der Waals surface area (Å²) in [6.07, 6.45) is 6.07. The third-order valence-corrected chi connectivity index (χ3v) is 7.97. The SMILES string of the molecule is CC(c1ccc2c(c1CC(=O)CS(=N)(=O)c1cc(C(C)(C)O)co1)CC2)C1CC1. The number of aryl methyl sites for hydroxylation is 1. The molecule has 2 atom stereocenters. The molecule has 0 amide bonds. The molecule has 0 saturated heterocycles. The van der Waals surface area contributed by atoms with Crippen LogP contribution in [0.3, 0.4) is 0 Å². The maximum absolute atomic E-state index is 12.9. The molecule has 2 aliphatic rings. The molecular weight excluding hydrogens is 386 g/mol. The van der Waals surface area contributed by atoms with Gasteiger partial charge < -0.3 is 9.52 Å². The number of fused-ring (bicyclic) bond motifs is 1. The Hall–Kier alpha value is -1.92. The minimum Gasteiger partial charge on any atom is -0.454 e. The van der Waals surface area contributed by atoms with E-state index in [1.165, 1.54) is 41.9 Å². The predicted octanol–water partition coefficient (Wildman–Crippen LogP) is 4.34. The van der Waals surface area contributed by atoms with Crippen molar-refractivity contribution < 1.29 is 18.5 Å². The van der Waals surface area contributed by atoms with Crippen LogP contribution in [-0.2, 0) is 39.4 Å². The molecule has 156 valence electrons. The van der Waals surface area contributed by atoms with E-state index in [0.29, 0.717) is 17.4 Å². The third-order valence-electron chi connectivity index (χ3n) is 6.37. The lowest BCUT2D eigenvalue weighted by molar-refractivity contribution is -0.116. The van der Waals surface area contributed by atoms with Crippen molar-refractivity contribution in [3.05, 3.63) is 52.3 Å². The van der Waals surface area contributed by atoms with Crippen molar-refractivity contribution in [1.29, 1.82) is 4.78 Å². The molecule has 6 heteroatoms. The van der Waals surface area contributed by atoms with E-state index in [1.54, 1.807) is 13.8 Å². The average molecular weight is 416 g/mol. The first-order valence-corrected chi connectivity index (χ1v) is 12.0. The highest BCUT2D eigenvalue weighted by molar-refractivity contribution is 7.93. The number of benzene rings is 1. The Kier molecular flexibility index (Phi) is 4.98. The van der Waals surface area contributed by atoms with Crippen molar-refractivity contribution in [3.8, 4) is 0 Å². The normalized spacial score (nSPS) is 19.2. The quantitative estimate of drug-likeness (QED) is 0.671. The second kappa shape index (κ2) is 7.10. The number of hydrogen-bond donors (Lipinski definition) is 2. The highest BCUT2D eigenvalue weighted by Crippen LogP contribution is 2.45. The first kappa shape index (κ1) is 20.4. The molecule has 4 rings (SSSR count). The molecule has 1 aromatic carbocycles. The second-order valence-corrected chi connectivity index (χ2v) is 11.2. The van der Waals surface area contributed by atoms with Crippen LogP contribution in [0.4, 0.5) is 0 Å². The molecule has 1 fully saturated rings. The zero-order valence-electron chi connectivity index (χ0n) is 17.3. The fourth-order valence-corrected chi connectivity index (χ4v) is 5.45. The van der Waals surface area contributed by atoms with E-state index in [1.807, 2.05) is 0 Å². The fraction of sp³-hybridized carbons (Fsp3) is 0.522. The molecule has 29 heavy (non-hydrogen) atoms. The van der Waals surface area contributed by atoms with E-state index in [4.69, 9.17) is 9.20 Å². The maximum Gasteiger partial charge on any atom is 0.199 e. The first-order chi connectivity index (χ1) is 13.6. The lowest BCUT2D eigenvalue weighted by Crippen LogP contribution is -2.22. The largest absolute Gasteiger partial charge is 0.454 e. The van der Waals surface area contributed by atoms with E-state index < -0.39 is 15.3 Å². The molecule has 0 spiro atoms. The summed E-state index contributed by atoms with van der Waals surface area (Å²) in [6, 6.07) is 5.79. The maximum atomic E-state index is 12.9. The number of aliphatic hydroxyl groups is 1. The van der Waals surface area contributed by atoms with Crippen LogP contribution in [0.1, 0.15) is 67.3 Å². The van der Waals surface area contributed by atoms with Crippen LogP contribution in [-0.4, -0.2) is 20.9 Å². The van der Waals surface area contributed by atoms with Crippen LogP contribution in [0.25, 0.3) is 0 Å². The number of carbonyl (C=O) groups excluding carboxylic acids is 1. The molecule has 0 radical (unpaired) electrons. The van der Waals surface area contributed by atoms with Crippen LogP contribution < -0.4 is 0 Å². The molecule has 1 saturated carbocycles. The third kappa shape index (κ3) is 4.05. The highest BCUT2D eigenvalue weighted by Gasteiger charge is 2.33. The van der Waals surface area contributed by atoms with Gasteiger partial charge in [-0.05, 0) is 73.6 Å². The van der Waals surface area contributed by atoms with Crippen LogP contribution in [0, 0.1) is 10.7 Å². The first-order valence-electron chi connectivity index (χ1n) is 10.3. The number of Topliss-reactive ketones (excluding diaryl/α,β-unsaturated/α-hetero) is 1. The molecule has 0 aliphatic heterocycles. The number of ketones is 1. The van der Waals surface area contributed by atoms with Crippen LogP contribution in [0.5, 0.6) is 0 Å². The lowest BCUT2D eigenvalue weighted by atomic mass is 9.78. The van der Waals surface area contributed by atoms with Gasteiger partial charge in [0.15, 0.2) is 10.9 Å². The molecule has 2 unspecified atom stereocenters. The van der Waals surface area contributed by atoms with Gasteiger partial charge in [0.2, 0.25) is 0 Å². The number of nitrogens with one attached hydrogen (secondary N) is 1. The molecule has 5 nitrogen and oxygen atoms in total. The molecule has 1 heterocycles. The topological polar surface area (TPSA) is 91.4 Å². The van der Waals surface area contributed by atoms with E-state index >= 15 is 0 Å². The summed E-state index contributed by atoms with van der Waals surface area (Å²) in [5.41, 5.74) is 4.24. The molecule has 2 aromatic rings. The Morgan fingerprint density at radius 2 is 2.07 bits per heavy atom. The predicted molar refractivity (Wildman–Crippen MR) is 112 cm³/mol. The van der Waals surface area contributed by atoms with Crippen molar-refractivity contribution in [2.75, 3.05) is 5.75 Å². The van der Waals surface area contributed by atoms with Gasteiger partial charge in [0.25, 0.3) is 0 Å². The van der Waals surface area contributed by atoms with Crippen LogP contribution in [0.2, 0.25) is 0 Å². The Balaban J connectivity index is 1.54. The zero-order chi connectivity index (χ0) is 21.0. The summed E-state index contributed by atoms with van der Waals surface area (Å²) >= 11 is 0. The van der Waals surface area contributed by atoms with Crippen molar-refractivity contribution in [1.82, 2.24) is 0 Å². The van der Waals surface area contributed by atoms with Gasteiger partial charge in [0.1, 0.15) is 9.73 Å². The Bertz CT molecular complexity index is 1060. The van der Waals surface area contributed by atoms with E-state index in [2.05, 4.69) is 19.1 Å². The summed E-state index contributed by atoms with van der Waals surface area (Å²) in [5.74, 6) is 0.567. The van der Waals surface area contributed by atoms with Gasteiger partial charge in [-0.3, -0.25) is 4.79 Å². The smallest absolute Gasteiger partial charge is 0.199 e. The number of furan rings is 1. The summed E-state index contributed by atoms with van der Waals surface area (Å²) in [6.45, 7) is 5.42. The van der Waals surface area contributed by atoms with Gasteiger partial charge in [-0.2, -0.15) is 0 Å². The fourth-order valence-electron chi connectivity index (χ4n) is 4.23. The van der Waals surface area contributed by atoms with Gasteiger partial charge in [-0.1, -0.05) is 19.1 Å². The minimum atomic E-state index is -3.39. The van der Waals surface area contributed by atoms with Gasteiger partial charge in [-0.25, -0.2) is 8.99 Å². The van der Waals surface area contributed by atoms with Gasteiger partial charge in [0.05, 0.1) is 17.6 Å². The summed E-state index contributed by atoms with van der Waals surface area (Å²) in [7, 11) is -3.39. The van der Waals surface area contributed by atoms with Crippen molar-refractivity contribution in [2.24, 2.45) is 5.92 Å². The number of carbonyl (C=O) groups is 1. The number of hydrogen-bond acceptors (Lipinski definition) is 5. The zero-order valence-corrected chi connectivity index (χ0v) is 18.1. The Morgan fingerprint density at radius 1 is 1.34 bits per heavy atom. The van der Waals surface area contributed by atoms with Crippen LogP contribution >= 0.6 is 0 Å². The van der Waals surface area contributed by atoms with Gasteiger partial charge in [-0.15, -0.1) is 0 Å². The second-order valence-electron chi connectivity index (χ2n) is 9.15. The standard InChI is InChI=1S/C23H29NO4S/c1-14(15-4-5-15)19-8-6-16-7-9-20(16)21(19)11-18(25)13-29(24,27)22-10-17(12-28-22)23(2,3)26/h6,8,10,12,14-15,24,26H,4-5,7,9,11,13H2,1-3H3. The monoisotopic (exact) mass is 415 g/mol. The molecule has 1 aromatic heterocycles. The molecule has 2 N–H and O–H groups in total. The lowest BCUT2D eigenvalue weighted by Gasteiger charge is -2.27. The van der Waals surface area contributed by atoms with Crippen molar-refractivity contribution in [3.63, 3.8) is 0 Å². The van der Waals surface area contributed by atoms with Crippen molar-refractivity contribution in [2.45, 2.75) is 69.5 Å². The van der Waals surface area contributed by atoms with Crippen LogP contribution in [0.15, 0.2) is 34.0 Å². The average Bonchev–Trinajstić information content (AvgIpc) is 3.29. The highest BCUT2D eigenvalue weighted by atomic mass is 32.2. The number of rotatable bonds is 8. The molecule has 2 aliphatic carbocycles. The van der Waals surface area contributed by atoms with E-state index in [-0.39, 0.29) is 23.0 Å². The summed E-state index contributed by atoms with van der Waals surface area (Å²) < 4.78 is 26.4. The van der Waals surface area contributed by atoms with Gasteiger partial charge in [0, 0.05) is 18.1 Å². The van der Waals surface area contributed by atoms with Crippen molar-refractivity contribution >= 4 is 15.5 Å². The molecular formula is C23H29NO4S. The summed E-state index contributed by atoms with van der Waals surface area (Å²) in [4.78, 5) is 12.9. The van der Waals surface area contributed by atoms with E-state index in [0.717, 1.165) is 18.4 Å². The summed E-state index contributed by atoms with van der Waals surface area (Å²) in [5, 5.41) is 10.0. The Labute approximate surface area is 172 Å². The van der Waals surface area contributed by atoms with Gasteiger partial charge >= 0.3 is 0 Å². The molecule has 0 bridgehead atoms. The Morgan fingerprint density at radius 3 is 2.62 bits per heavy atom. The minimum absolute atomic E-state index is 0.0457. The van der Waals surface area contributed by atoms with E-state index in [9.17, 15) is 14.1 Å².